The van der Waals surface area contributed by atoms with E-state index in [1.807, 2.05) is 0 Å². The summed E-state index contributed by atoms with van der Waals surface area (Å²) in [7, 11) is 0. The van der Waals surface area contributed by atoms with Crippen LogP contribution in [0.5, 0.6) is 0 Å². The van der Waals surface area contributed by atoms with Crippen molar-refractivity contribution in [1.29, 1.82) is 0 Å². The van der Waals surface area contributed by atoms with Gasteiger partial charge in [0.1, 0.15) is 0 Å². The zero-order valence-electron chi connectivity index (χ0n) is 12.2. The Hall–Kier alpha value is -1.92. The van der Waals surface area contributed by atoms with Gasteiger partial charge >= 0.3 is 0 Å². The average molecular weight is 280 g/mol. The van der Waals surface area contributed by atoms with E-state index in [4.69, 9.17) is 6.42 Å². The third-order valence-corrected chi connectivity index (χ3v) is 4.02. The highest BCUT2D eigenvalue weighted by molar-refractivity contribution is 5.60. The number of hydrogen-bond acceptors (Lipinski definition) is 0. The van der Waals surface area contributed by atoms with Crippen LogP contribution in [0.15, 0.2) is 46.6 Å². The van der Waals surface area contributed by atoms with Crippen LogP contribution < -0.4 is 0 Å². The Morgan fingerprint density at radius 2 is 2.05 bits per heavy atom. The van der Waals surface area contributed by atoms with Crippen LogP contribution in [0.3, 0.4) is 0 Å². The number of rotatable bonds is 1. The van der Waals surface area contributed by atoms with E-state index in [9.17, 15) is 0 Å². The Morgan fingerprint density at radius 3 is 2.67 bits per heavy atom. The molecule has 2 aliphatic carbocycles. The molecule has 1 unspecified atom stereocenters. The van der Waals surface area contributed by atoms with Crippen LogP contribution in [0.2, 0.25) is 0 Å². The van der Waals surface area contributed by atoms with Crippen molar-refractivity contribution in [3.63, 3.8) is 0 Å². The van der Waals surface area contributed by atoms with E-state index in [0.29, 0.717) is 5.92 Å². The molecule has 0 radical (unpaired) electrons. The van der Waals surface area contributed by atoms with Crippen LogP contribution in [0.25, 0.3) is 0 Å². The fourth-order valence-corrected chi connectivity index (χ4v) is 2.95. The summed E-state index contributed by atoms with van der Waals surface area (Å²) in [6, 6.07) is 0. The lowest BCUT2D eigenvalue weighted by Crippen LogP contribution is -2.13. The molecule has 21 heavy (non-hydrogen) atoms. The van der Waals surface area contributed by atoms with Gasteiger partial charge in [-0.25, -0.2) is 0 Å². The molecule has 0 aromatic heterocycles. The maximum absolute atomic E-state index is 5.35. The molecule has 0 aromatic rings. The number of hydrogen-bond donors (Lipinski definition) is 0. The van der Waals surface area contributed by atoms with Gasteiger partial charge in [-0.05, 0) is 48.3 Å². The fraction of sp³-hybridized carbons (Fsp3) is 0.429. The lowest BCUT2D eigenvalue weighted by molar-refractivity contribution is 0.573. The van der Waals surface area contributed by atoms with Crippen molar-refractivity contribution in [2.24, 2.45) is 11.3 Å². The maximum Gasteiger partial charge on any atom is 0.0357 e. The highest BCUT2D eigenvalue weighted by Crippen LogP contribution is 2.49. The summed E-state index contributed by atoms with van der Waals surface area (Å²) in [5, 5.41) is 0. The molecule has 2 aliphatic rings. The fourth-order valence-electron chi connectivity index (χ4n) is 2.95. The van der Waals surface area contributed by atoms with E-state index in [2.05, 4.69) is 63.7 Å². The average Bonchev–Trinajstić information content (AvgIpc) is 2.49. The van der Waals surface area contributed by atoms with Crippen molar-refractivity contribution >= 4 is 0 Å². The summed E-state index contributed by atoms with van der Waals surface area (Å²) < 4.78 is 0. The first kappa shape index (κ1) is 19.1. The maximum atomic E-state index is 5.35. The van der Waals surface area contributed by atoms with Gasteiger partial charge in [-0.2, -0.15) is 0 Å². The van der Waals surface area contributed by atoms with E-state index < -0.39 is 0 Å². The molecule has 0 amide bonds. The zero-order valence-corrected chi connectivity index (χ0v) is 12.2. The summed E-state index contributed by atoms with van der Waals surface area (Å²) in [4.78, 5) is 0. The van der Waals surface area contributed by atoms with Gasteiger partial charge in [-0.3, -0.25) is 0 Å². The number of terminal acetylenes is 1. The second-order valence-electron chi connectivity index (χ2n) is 5.70. The lowest BCUT2D eigenvalue weighted by atomic mass is 9.79. The van der Waals surface area contributed by atoms with Gasteiger partial charge in [0.2, 0.25) is 0 Å². The Morgan fingerprint density at radius 1 is 1.38 bits per heavy atom. The van der Waals surface area contributed by atoms with Gasteiger partial charge in [0.05, 0.1) is 0 Å². The van der Waals surface area contributed by atoms with Crippen LogP contribution in [0, 0.1) is 35.5 Å². The third kappa shape index (κ3) is 3.40. The largest absolute Gasteiger partial charge is 0.115 e. The molecule has 0 heteroatoms. The first-order valence-electron chi connectivity index (χ1n) is 6.73. The molecule has 0 heterocycles. The van der Waals surface area contributed by atoms with Crippen molar-refractivity contribution in [3.8, 4) is 24.2 Å². The molecule has 0 aromatic carbocycles. The highest BCUT2D eigenvalue weighted by Gasteiger charge is 2.35. The Labute approximate surface area is 131 Å². The SMILES string of the molecule is C.C.C#C/C=C\C1=C(C)C2=C(/C=C\C(C)C#CC2)C1(C)C. The van der Waals surface area contributed by atoms with Crippen LogP contribution in [0.4, 0.5) is 0 Å². The van der Waals surface area contributed by atoms with Crippen molar-refractivity contribution in [2.75, 3.05) is 0 Å². The molecular weight excluding hydrogens is 252 g/mol. The molecule has 0 bridgehead atoms. The minimum Gasteiger partial charge on any atom is -0.115 e. The van der Waals surface area contributed by atoms with Gasteiger partial charge in [-0.15, -0.1) is 6.42 Å². The summed E-state index contributed by atoms with van der Waals surface area (Å²) in [5.41, 5.74) is 5.43. The zero-order chi connectivity index (χ0) is 14.0. The molecule has 2 rings (SSSR count). The quantitative estimate of drug-likeness (QED) is 0.540. The van der Waals surface area contributed by atoms with Crippen LogP contribution >= 0.6 is 0 Å². The Balaban J connectivity index is 0.00000200. The molecule has 112 valence electrons. The van der Waals surface area contributed by atoms with Crippen LogP contribution in [-0.2, 0) is 0 Å². The minimum absolute atomic E-state index is 0. The molecule has 0 N–H and O–H groups in total. The van der Waals surface area contributed by atoms with Gasteiger partial charge in [0.15, 0.2) is 0 Å². The summed E-state index contributed by atoms with van der Waals surface area (Å²) >= 11 is 0. The minimum atomic E-state index is 0. The summed E-state index contributed by atoms with van der Waals surface area (Å²) in [6.45, 7) is 8.84. The summed E-state index contributed by atoms with van der Waals surface area (Å²) in [6.07, 6.45) is 14.5. The van der Waals surface area contributed by atoms with E-state index in [1.54, 1.807) is 6.08 Å². The molecule has 0 fully saturated rings. The predicted octanol–water partition coefficient (Wildman–Crippen LogP) is 5.70. The van der Waals surface area contributed by atoms with Crippen molar-refractivity contribution in [1.82, 2.24) is 0 Å². The van der Waals surface area contributed by atoms with Gasteiger partial charge < -0.3 is 0 Å². The van der Waals surface area contributed by atoms with Crippen molar-refractivity contribution < 1.29 is 0 Å². The van der Waals surface area contributed by atoms with Crippen LogP contribution in [-0.4, -0.2) is 0 Å². The molecule has 0 saturated carbocycles. The Bertz CT molecular complexity index is 613. The molecule has 0 spiro atoms. The highest BCUT2D eigenvalue weighted by atomic mass is 14.4. The second kappa shape index (κ2) is 7.19. The second-order valence-corrected chi connectivity index (χ2v) is 5.70. The standard InChI is InChI=1S/C19H20.2CH4/c1-6-7-11-17-15(3)16-10-8-9-14(2)12-13-18(16)19(17,4)5;;/h1,7,11-14H,10H2,2-5H3;2*1H4/b11-7-,13-12-;;. The molecule has 0 nitrogen and oxygen atoms in total. The van der Waals surface area contributed by atoms with Crippen molar-refractivity contribution in [2.45, 2.75) is 49.0 Å². The predicted molar refractivity (Wildman–Crippen MR) is 95.6 cm³/mol. The molecule has 0 aliphatic heterocycles. The smallest absolute Gasteiger partial charge is 0.0357 e. The van der Waals surface area contributed by atoms with Crippen LogP contribution in [0.1, 0.15) is 49.0 Å². The first-order chi connectivity index (χ1) is 8.98. The van der Waals surface area contributed by atoms with E-state index in [-0.39, 0.29) is 20.3 Å². The van der Waals surface area contributed by atoms with E-state index >= 15 is 0 Å². The van der Waals surface area contributed by atoms with Gasteiger partial charge in [0.25, 0.3) is 0 Å². The van der Waals surface area contributed by atoms with Gasteiger partial charge in [0, 0.05) is 17.8 Å². The first-order valence-corrected chi connectivity index (χ1v) is 6.73. The molecular formula is C21H28. The number of allylic oxidation sites excluding steroid dienone is 8. The Kier molecular flexibility index (Phi) is 6.53. The topological polar surface area (TPSA) is 0 Å². The van der Waals surface area contributed by atoms with Gasteiger partial charge in [-0.1, -0.05) is 58.6 Å². The third-order valence-electron chi connectivity index (χ3n) is 4.02. The lowest BCUT2D eigenvalue weighted by Gasteiger charge is -2.24. The normalized spacial score (nSPS) is 23.9. The van der Waals surface area contributed by atoms with E-state index in [0.717, 1.165) is 6.42 Å². The van der Waals surface area contributed by atoms with E-state index in [1.165, 1.54) is 22.3 Å². The molecule has 0 saturated heterocycles. The monoisotopic (exact) mass is 280 g/mol. The summed E-state index contributed by atoms with van der Waals surface area (Å²) in [5.74, 6) is 9.47. The van der Waals surface area contributed by atoms with Crippen molar-refractivity contribution in [3.05, 3.63) is 46.6 Å². The molecule has 1 atom stereocenters.